The maximum absolute atomic E-state index is 13.5. The Morgan fingerprint density at radius 3 is 1.24 bits per heavy atom. The van der Waals surface area contributed by atoms with Crippen molar-refractivity contribution < 1.29 is 83.1 Å². The molecule has 3 N–H and O–H groups in total. The molecule has 0 aliphatic carbocycles. The lowest BCUT2D eigenvalue weighted by atomic mass is 9.91. The molecule has 0 fully saturated rings. The van der Waals surface area contributed by atoms with Crippen LogP contribution in [0.5, 0.6) is 0 Å². The van der Waals surface area contributed by atoms with Gasteiger partial charge in [0.05, 0.1) is 0 Å². The average Bonchev–Trinajstić information content (AvgIpc) is 2.59. The van der Waals surface area contributed by atoms with Gasteiger partial charge in [0, 0.05) is 0 Å². The van der Waals surface area contributed by atoms with E-state index < -0.39 is 62.9 Å². The van der Waals surface area contributed by atoms with Gasteiger partial charge in [-0.25, -0.2) is 0 Å². The zero-order valence-electron chi connectivity index (χ0n) is 14.6. The number of hydrogen-bond acceptors (Lipinski definition) is 3. The number of sulfonamides is 1. The number of rotatable bonds is 8. The molecule has 0 bridgehead atoms. The first-order valence-corrected chi connectivity index (χ1v) is 8.36. The number of nitrogens with two attached hydrogens (primary N) is 1. The lowest BCUT2D eigenvalue weighted by Gasteiger charge is -2.42. The van der Waals surface area contributed by atoms with Gasteiger partial charge in [-0.3, -0.25) is 5.32 Å². The van der Waals surface area contributed by atoms with Crippen molar-refractivity contribution in [3.05, 3.63) is 0 Å². The summed E-state index contributed by atoms with van der Waals surface area (Å²) in [4.78, 5) is 0. The predicted molar refractivity (Wildman–Crippen MR) is 70.0 cm³/mol. The maximum atomic E-state index is 13.5. The van der Waals surface area contributed by atoms with E-state index in [0.717, 1.165) is 5.32 Å². The maximum Gasteiger partial charge on any atom is 0.460 e. The summed E-state index contributed by atoms with van der Waals surface area (Å²) in [5.41, 5.74) is 4.33. The molecule has 6 nitrogen and oxygen atoms in total. The van der Waals surface area contributed by atoms with E-state index in [-0.39, 0.29) is 0 Å². The molecule has 0 atom stereocenters. The highest BCUT2D eigenvalue weighted by Gasteiger charge is 2.96. The molecule has 0 saturated heterocycles. The van der Waals surface area contributed by atoms with Gasteiger partial charge in [0.25, 0.3) is 0 Å². The topological polar surface area (TPSA) is 108 Å². The molecule has 0 aliphatic rings. The van der Waals surface area contributed by atoms with Crippen molar-refractivity contribution in [3.63, 3.8) is 0 Å². The zero-order chi connectivity index (χ0) is 28.2. The van der Waals surface area contributed by atoms with Crippen molar-refractivity contribution in [2.24, 2.45) is 10.1 Å². The minimum absolute atomic E-state index is 0.581. The van der Waals surface area contributed by atoms with Crippen molar-refractivity contribution in [1.82, 2.24) is 5.32 Å². The molecule has 200 valence electrons. The van der Waals surface area contributed by atoms with Crippen LogP contribution in [-0.2, 0) is 10.0 Å². The normalized spacial score (nSPS) is 16.3. The van der Waals surface area contributed by atoms with E-state index in [0.29, 0.717) is 6.19 Å². The Hall–Kier alpha value is -2.48. The summed E-state index contributed by atoms with van der Waals surface area (Å²) in [5.74, 6) is -54.4. The minimum atomic E-state index is -8.94. The van der Waals surface area contributed by atoms with Gasteiger partial charge < -0.3 is 5.73 Å². The lowest BCUT2D eigenvalue weighted by Crippen LogP contribution is -2.74. The second-order valence-electron chi connectivity index (χ2n) is 5.65. The van der Waals surface area contributed by atoms with E-state index in [2.05, 4.69) is 5.73 Å². The molecule has 0 radical (unpaired) electrons. The Balaban J connectivity index is 7.02. The molecular formula is C10H3F17N4O2S. The standard InChI is InChI=1S/C10H3F17N4O2S/c11-3(12,5(15,16)7(19,20)9(23,24)25)4(13,14)6(17,18)8(21,22)10(26,27)34(32,33)31-2(29)30-1-28/h(H3,29,30,31). The fraction of sp³-hybridized carbons (Fsp3) is 0.800. The highest BCUT2D eigenvalue weighted by atomic mass is 32.2. The fourth-order valence-electron chi connectivity index (χ4n) is 1.58. The van der Waals surface area contributed by atoms with Crippen LogP contribution < -0.4 is 11.1 Å². The Kier molecular flexibility index (Phi) is 7.45. The molecule has 0 aromatic rings. The van der Waals surface area contributed by atoms with Crippen LogP contribution in [-0.4, -0.2) is 61.3 Å². The molecule has 0 aliphatic heterocycles. The number of guanidine groups is 1. The van der Waals surface area contributed by atoms with Crippen molar-refractivity contribution >= 4 is 16.0 Å². The number of nitrogens with zero attached hydrogens (tertiary/aromatic N) is 2. The van der Waals surface area contributed by atoms with Crippen LogP contribution in [0.3, 0.4) is 0 Å². The van der Waals surface area contributed by atoms with Crippen molar-refractivity contribution in [1.29, 1.82) is 5.26 Å². The van der Waals surface area contributed by atoms with Gasteiger partial charge in [-0.1, -0.05) is 0 Å². The molecule has 0 spiro atoms. The molecule has 0 saturated carbocycles. The lowest BCUT2D eigenvalue weighted by molar-refractivity contribution is -0.458. The highest BCUT2D eigenvalue weighted by Crippen LogP contribution is 2.64. The summed E-state index contributed by atoms with van der Waals surface area (Å²) in [7, 11) is -7.72. The predicted octanol–water partition coefficient (Wildman–Crippen LogP) is 3.67. The van der Waals surface area contributed by atoms with Crippen LogP contribution in [0.1, 0.15) is 0 Å². The summed E-state index contributed by atoms with van der Waals surface area (Å²) in [6, 6.07) is 0. The first kappa shape index (κ1) is 31.5. The summed E-state index contributed by atoms with van der Waals surface area (Å²) in [6.45, 7) is 0. The third-order valence-corrected chi connectivity index (χ3v) is 4.76. The SMILES string of the molecule is N#CN/C(N)=N/S(=O)(=O)C(F)(F)C(F)(F)C(F)(F)C(F)(F)C(F)(F)C(F)(F)C(F)(F)C(F)(F)F. The molecule has 24 heteroatoms. The molecule has 0 heterocycles. The van der Waals surface area contributed by atoms with Crippen LogP contribution in [0, 0.1) is 11.5 Å². The number of nitrogens with one attached hydrogen (secondary N) is 1. The van der Waals surface area contributed by atoms with Crippen LogP contribution in [0.25, 0.3) is 0 Å². The summed E-state index contributed by atoms with van der Waals surface area (Å²) in [5, 5.41) is 0.927. The Morgan fingerprint density at radius 1 is 0.647 bits per heavy atom. The van der Waals surface area contributed by atoms with E-state index in [1.165, 1.54) is 4.40 Å². The van der Waals surface area contributed by atoms with Crippen LogP contribution in [0.15, 0.2) is 4.40 Å². The van der Waals surface area contributed by atoms with Crippen LogP contribution in [0.2, 0.25) is 0 Å². The number of halogens is 17. The molecule has 0 amide bonds. The Labute approximate surface area is 174 Å². The highest BCUT2D eigenvalue weighted by molar-refractivity contribution is 7.91. The molecular weight excluding hydrogens is 563 g/mol. The van der Waals surface area contributed by atoms with Crippen LogP contribution >= 0.6 is 0 Å². The first-order chi connectivity index (χ1) is 14.5. The quantitative estimate of drug-likeness (QED) is 0.153. The fourth-order valence-corrected chi connectivity index (χ4v) is 2.45. The number of hydrogen-bond donors (Lipinski definition) is 2. The largest absolute Gasteiger partial charge is 0.460 e. The van der Waals surface area contributed by atoms with Gasteiger partial charge in [0.1, 0.15) is 0 Å². The van der Waals surface area contributed by atoms with Gasteiger partial charge in [0.2, 0.25) is 5.96 Å². The average molecular weight is 566 g/mol. The third-order valence-electron chi connectivity index (χ3n) is 3.42. The number of alkyl halides is 17. The van der Waals surface area contributed by atoms with Crippen molar-refractivity contribution in [2.75, 3.05) is 0 Å². The molecule has 0 rings (SSSR count). The Bertz CT molecular complexity index is 962. The monoisotopic (exact) mass is 566 g/mol. The minimum Gasteiger partial charge on any atom is -0.368 e. The third kappa shape index (κ3) is 4.00. The van der Waals surface area contributed by atoms with Crippen molar-refractivity contribution in [3.8, 4) is 6.19 Å². The summed E-state index contributed by atoms with van der Waals surface area (Å²) < 4.78 is 245. The van der Waals surface area contributed by atoms with Gasteiger partial charge >= 0.3 is 57.0 Å². The summed E-state index contributed by atoms with van der Waals surface area (Å²) in [6.07, 6.45) is -7.33. The second kappa shape index (κ2) is 8.04. The van der Waals surface area contributed by atoms with E-state index >= 15 is 0 Å². The van der Waals surface area contributed by atoms with E-state index in [1.54, 1.807) is 0 Å². The van der Waals surface area contributed by atoms with Gasteiger partial charge in [-0.15, -0.1) is 4.40 Å². The van der Waals surface area contributed by atoms with Gasteiger partial charge in [-0.2, -0.15) is 88.3 Å². The summed E-state index contributed by atoms with van der Waals surface area (Å²) >= 11 is 0. The van der Waals surface area contributed by atoms with Crippen LogP contribution in [0.4, 0.5) is 74.6 Å². The number of nitriles is 1. The Morgan fingerprint density at radius 2 is 0.941 bits per heavy atom. The van der Waals surface area contributed by atoms with E-state index in [4.69, 9.17) is 5.26 Å². The second-order valence-corrected chi connectivity index (χ2v) is 7.29. The van der Waals surface area contributed by atoms with Crippen molar-refractivity contribution in [2.45, 2.75) is 47.0 Å². The van der Waals surface area contributed by atoms with E-state index in [9.17, 15) is 83.1 Å². The molecule has 0 aromatic carbocycles. The van der Waals surface area contributed by atoms with Gasteiger partial charge in [0.15, 0.2) is 6.19 Å². The molecule has 0 aromatic heterocycles. The van der Waals surface area contributed by atoms with E-state index in [1.807, 2.05) is 0 Å². The van der Waals surface area contributed by atoms with Gasteiger partial charge in [-0.05, 0) is 0 Å². The zero-order valence-corrected chi connectivity index (χ0v) is 15.4. The molecule has 34 heavy (non-hydrogen) atoms. The first-order valence-electron chi connectivity index (χ1n) is 6.92. The molecule has 0 unspecified atom stereocenters. The smallest absolute Gasteiger partial charge is 0.368 e.